The maximum Gasteiger partial charge on any atom is 0.335 e. The minimum Gasteiger partial charge on any atom is -0.497 e. The third-order valence-corrected chi connectivity index (χ3v) is 4.63. The van der Waals surface area contributed by atoms with Crippen LogP contribution in [-0.2, 0) is 13.2 Å². The van der Waals surface area contributed by atoms with Gasteiger partial charge < -0.3 is 24.1 Å². The number of carboxylic acids is 1. The van der Waals surface area contributed by atoms with E-state index in [1.807, 2.05) is 48.5 Å². The van der Waals surface area contributed by atoms with Crippen LogP contribution in [0.5, 0.6) is 23.0 Å². The number of hydrogen-bond donors (Lipinski definition) is 1. The van der Waals surface area contributed by atoms with E-state index in [0.29, 0.717) is 0 Å². The van der Waals surface area contributed by atoms with Gasteiger partial charge in [0.05, 0.1) is 24.8 Å². The molecule has 0 fully saturated rings. The first-order chi connectivity index (χ1) is 14.5. The summed E-state index contributed by atoms with van der Waals surface area (Å²) in [5, 5.41) is 9.50. The lowest BCUT2D eigenvalue weighted by atomic mass is 10.2. The van der Waals surface area contributed by atoms with Gasteiger partial charge in [0.1, 0.15) is 24.7 Å². The minimum absolute atomic E-state index is 0.0153. The molecule has 0 aliphatic carbocycles. The highest BCUT2D eigenvalue weighted by Gasteiger charge is 2.16. The van der Waals surface area contributed by atoms with Gasteiger partial charge >= 0.3 is 5.97 Å². The van der Waals surface area contributed by atoms with Gasteiger partial charge in [0.25, 0.3) is 0 Å². The predicted octanol–water partition coefficient (Wildman–Crippen LogP) is 5.21. The van der Waals surface area contributed by atoms with Crippen molar-refractivity contribution >= 4 is 17.6 Å². The van der Waals surface area contributed by atoms with E-state index in [0.717, 1.165) is 22.6 Å². The number of aromatic carboxylic acids is 1. The van der Waals surface area contributed by atoms with Crippen molar-refractivity contribution in [2.24, 2.45) is 0 Å². The fourth-order valence-electron chi connectivity index (χ4n) is 2.70. The summed E-state index contributed by atoms with van der Waals surface area (Å²) in [6.07, 6.45) is 0. The number of ether oxygens (including phenoxy) is 4. The summed E-state index contributed by atoms with van der Waals surface area (Å²) in [7, 11) is 3.19. The fourth-order valence-corrected chi connectivity index (χ4v) is 2.96. The van der Waals surface area contributed by atoms with Crippen molar-refractivity contribution in [1.82, 2.24) is 0 Å². The van der Waals surface area contributed by atoms with Crippen molar-refractivity contribution in [3.63, 3.8) is 0 Å². The molecule has 0 aliphatic heterocycles. The fraction of sp³-hybridized carbons (Fsp3) is 0.174. The first-order valence-corrected chi connectivity index (χ1v) is 9.46. The van der Waals surface area contributed by atoms with Crippen molar-refractivity contribution in [2.75, 3.05) is 14.2 Å². The normalized spacial score (nSPS) is 10.4. The summed E-state index contributed by atoms with van der Waals surface area (Å²) in [4.78, 5) is 11.4. The van der Waals surface area contributed by atoms with Crippen LogP contribution in [0.1, 0.15) is 21.5 Å². The van der Waals surface area contributed by atoms with Gasteiger partial charge in [0, 0.05) is 0 Å². The molecule has 0 unspecified atom stereocenters. The number of halogens is 1. The molecule has 156 valence electrons. The lowest BCUT2D eigenvalue weighted by Gasteiger charge is -2.15. The summed E-state index contributed by atoms with van der Waals surface area (Å²) >= 11 is 6.31. The number of hydrogen-bond acceptors (Lipinski definition) is 5. The Morgan fingerprint density at radius 3 is 1.80 bits per heavy atom. The van der Waals surface area contributed by atoms with Crippen LogP contribution in [-0.4, -0.2) is 25.3 Å². The van der Waals surface area contributed by atoms with Gasteiger partial charge in [0.2, 0.25) is 0 Å². The maximum atomic E-state index is 11.4. The lowest BCUT2D eigenvalue weighted by Crippen LogP contribution is -2.04. The average Bonchev–Trinajstić information content (AvgIpc) is 2.77. The highest BCUT2D eigenvalue weighted by atomic mass is 35.5. The second kappa shape index (κ2) is 9.89. The zero-order valence-corrected chi connectivity index (χ0v) is 17.3. The third kappa shape index (κ3) is 5.36. The van der Waals surface area contributed by atoms with Crippen LogP contribution < -0.4 is 18.9 Å². The Bertz CT molecular complexity index is 999. The number of carboxylic acid groups (broad SMARTS) is 1. The molecular formula is C23H21ClO6. The molecule has 0 bridgehead atoms. The monoisotopic (exact) mass is 428 g/mol. The molecule has 7 heteroatoms. The molecule has 3 aromatic carbocycles. The van der Waals surface area contributed by atoms with Gasteiger partial charge in [-0.3, -0.25) is 0 Å². The molecule has 0 amide bonds. The number of carbonyl (C=O) groups is 1. The van der Waals surface area contributed by atoms with Crippen molar-refractivity contribution in [1.29, 1.82) is 0 Å². The van der Waals surface area contributed by atoms with Crippen molar-refractivity contribution in [2.45, 2.75) is 13.2 Å². The molecule has 0 radical (unpaired) electrons. The van der Waals surface area contributed by atoms with Crippen LogP contribution in [0.4, 0.5) is 0 Å². The smallest absolute Gasteiger partial charge is 0.335 e. The van der Waals surface area contributed by atoms with Crippen LogP contribution in [0, 0.1) is 0 Å². The van der Waals surface area contributed by atoms with E-state index < -0.39 is 5.97 Å². The van der Waals surface area contributed by atoms with Crippen molar-refractivity contribution in [3.05, 3.63) is 82.4 Å². The average molecular weight is 429 g/mol. The molecule has 6 nitrogen and oxygen atoms in total. The highest BCUT2D eigenvalue weighted by Crippen LogP contribution is 2.38. The molecule has 0 saturated carbocycles. The predicted molar refractivity (Wildman–Crippen MR) is 113 cm³/mol. The van der Waals surface area contributed by atoms with Crippen LogP contribution in [0.3, 0.4) is 0 Å². The molecule has 0 heterocycles. The molecule has 1 N–H and O–H groups in total. The molecule has 0 spiro atoms. The number of methoxy groups -OCH3 is 2. The van der Waals surface area contributed by atoms with Gasteiger partial charge in [-0.15, -0.1) is 0 Å². The molecule has 3 aromatic rings. The molecule has 0 aromatic heterocycles. The van der Waals surface area contributed by atoms with Crippen LogP contribution in [0.25, 0.3) is 0 Å². The summed E-state index contributed by atoms with van der Waals surface area (Å²) in [6, 6.07) is 17.5. The Labute approximate surface area is 179 Å². The van der Waals surface area contributed by atoms with Gasteiger partial charge in [0.15, 0.2) is 11.5 Å². The van der Waals surface area contributed by atoms with Crippen LogP contribution in [0.2, 0.25) is 5.02 Å². The standard InChI is InChI=1S/C23H21ClO6/c1-27-18-7-3-15(4-8-18)13-29-21-12-17(23(25)26)11-20(24)22(21)30-14-16-5-9-19(28-2)10-6-16/h3-12H,13-14H2,1-2H3,(H,25,26). The van der Waals surface area contributed by atoms with E-state index in [1.165, 1.54) is 12.1 Å². The SMILES string of the molecule is COc1ccc(COc2cc(C(=O)O)cc(Cl)c2OCc2ccc(OC)cc2)cc1. The molecule has 0 saturated heterocycles. The van der Waals surface area contributed by atoms with E-state index in [9.17, 15) is 9.90 Å². The first-order valence-electron chi connectivity index (χ1n) is 9.08. The molecule has 30 heavy (non-hydrogen) atoms. The van der Waals surface area contributed by atoms with Gasteiger partial charge in [-0.2, -0.15) is 0 Å². The molecule has 0 aliphatic rings. The van der Waals surface area contributed by atoms with Gasteiger partial charge in [-0.25, -0.2) is 4.79 Å². The first kappa shape index (κ1) is 21.3. The highest BCUT2D eigenvalue weighted by molar-refractivity contribution is 6.32. The third-order valence-electron chi connectivity index (χ3n) is 4.35. The van der Waals surface area contributed by atoms with E-state index in [4.69, 9.17) is 30.5 Å². The summed E-state index contributed by atoms with van der Waals surface area (Å²) in [5.41, 5.74) is 1.80. The Morgan fingerprint density at radius 2 is 1.33 bits per heavy atom. The van der Waals surface area contributed by atoms with Crippen LogP contribution in [0.15, 0.2) is 60.7 Å². The topological polar surface area (TPSA) is 74.2 Å². The minimum atomic E-state index is -1.10. The summed E-state index contributed by atoms with van der Waals surface area (Å²) in [6.45, 7) is 0.442. The van der Waals surface area contributed by atoms with E-state index in [1.54, 1.807) is 14.2 Å². The van der Waals surface area contributed by atoms with E-state index >= 15 is 0 Å². The molecular weight excluding hydrogens is 408 g/mol. The largest absolute Gasteiger partial charge is 0.497 e. The molecule has 3 rings (SSSR count). The summed E-state index contributed by atoms with van der Waals surface area (Å²) in [5.74, 6) is 0.910. The van der Waals surface area contributed by atoms with Gasteiger partial charge in [-0.05, 0) is 47.5 Å². The zero-order chi connectivity index (χ0) is 21.5. The van der Waals surface area contributed by atoms with Crippen molar-refractivity contribution < 1.29 is 28.8 Å². The Kier molecular flexibility index (Phi) is 7.03. The summed E-state index contributed by atoms with van der Waals surface area (Å²) < 4.78 is 22.0. The van der Waals surface area contributed by atoms with E-state index in [-0.39, 0.29) is 35.3 Å². The Hall–Kier alpha value is -3.38. The van der Waals surface area contributed by atoms with Crippen LogP contribution >= 0.6 is 11.6 Å². The number of benzene rings is 3. The Balaban J connectivity index is 1.80. The second-order valence-electron chi connectivity index (χ2n) is 6.36. The lowest BCUT2D eigenvalue weighted by molar-refractivity contribution is 0.0696. The van der Waals surface area contributed by atoms with Gasteiger partial charge in [-0.1, -0.05) is 35.9 Å². The zero-order valence-electron chi connectivity index (χ0n) is 16.6. The maximum absolute atomic E-state index is 11.4. The Morgan fingerprint density at radius 1 is 0.833 bits per heavy atom. The second-order valence-corrected chi connectivity index (χ2v) is 6.77. The number of rotatable bonds is 9. The quantitative estimate of drug-likeness (QED) is 0.504. The van der Waals surface area contributed by atoms with E-state index in [2.05, 4.69) is 0 Å². The molecule has 0 atom stereocenters. The van der Waals surface area contributed by atoms with Crippen molar-refractivity contribution in [3.8, 4) is 23.0 Å².